The van der Waals surface area contributed by atoms with Crippen molar-refractivity contribution in [1.29, 1.82) is 0 Å². The first-order chi connectivity index (χ1) is 9.00. The molecule has 1 aliphatic rings. The SMILES string of the molecule is Cc1ccc(CC2(O)CC(C)(C)CC(C)(C)C2)c(Cl)c1. The van der Waals surface area contributed by atoms with E-state index >= 15 is 0 Å². The van der Waals surface area contributed by atoms with Crippen LogP contribution in [0.3, 0.4) is 0 Å². The van der Waals surface area contributed by atoms with Gasteiger partial charge in [-0.05, 0) is 54.2 Å². The van der Waals surface area contributed by atoms with Crippen molar-refractivity contribution >= 4 is 11.6 Å². The Bertz CT molecular complexity index is 486. The molecule has 0 bridgehead atoms. The van der Waals surface area contributed by atoms with E-state index in [1.165, 1.54) is 0 Å². The molecule has 1 aromatic rings. The van der Waals surface area contributed by atoms with Crippen molar-refractivity contribution in [3.63, 3.8) is 0 Å². The fourth-order valence-electron chi connectivity index (χ4n) is 4.54. The summed E-state index contributed by atoms with van der Waals surface area (Å²) in [6.07, 6.45) is 3.49. The summed E-state index contributed by atoms with van der Waals surface area (Å²) in [7, 11) is 0. The molecule has 1 nitrogen and oxygen atoms in total. The highest BCUT2D eigenvalue weighted by Gasteiger charge is 2.46. The van der Waals surface area contributed by atoms with Gasteiger partial charge in [-0.2, -0.15) is 0 Å². The minimum atomic E-state index is -0.649. The summed E-state index contributed by atoms with van der Waals surface area (Å²) >= 11 is 6.34. The number of aryl methyl sites for hydroxylation is 1. The van der Waals surface area contributed by atoms with Gasteiger partial charge in [0.15, 0.2) is 0 Å². The van der Waals surface area contributed by atoms with E-state index in [0.717, 1.165) is 35.4 Å². The molecule has 0 unspecified atom stereocenters. The first-order valence-electron chi connectivity index (χ1n) is 7.48. The highest BCUT2D eigenvalue weighted by molar-refractivity contribution is 6.31. The Morgan fingerprint density at radius 2 is 1.60 bits per heavy atom. The number of hydrogen-bond donors (Lipinski definition) is 1. The monoisotopic (exact) mass is 294 g/mol. The average molecular weight is 295 g/mol. The van der Waals surface area contributed by atoms with Gasteiger partial charge in [0.25, 0.3) is 0 Å². The van der Waals surface area contributed by atoms with Crippen LogP contribution in [0, 0.1) is 17.8 Å². The van der Waals surface area contributed by atoms with Crippen molar-refractivity contribution in [1.82, 2.24) is 0 Å². The van der Waals surface area contributed by atoms with Crippen molar-refractivity contribution in [2.45, 2.75) is 65.9 Å². The molecule has 0 heterocycles. The summed E-state index contributed by atoms with van der Waals surface area (Å²) in [6.45, 7) is 11.1. The minimum absolute atomic E-state index is 0.174. The molecule has 0 aromatic heterocycles. The second-order valence-corrected chi connectivity index (χ2v) is 8.76. The molecule has 2 heteroatoms. The molecule has 0 saturated heterocycles. The van der Waals surface area contributed by atoms with E-state index < -0.39 is 5.60 Å². The molecular formula is C18H27ClO. The average Bonchev–Trinajstić information content (AvgIpc) is 2.16. The van der Waals surface area contributed by atoms with E-state index in [9.17, 15) is 5.11 Å². The van der Waals surface area contributed by atoms with Crippen LogP contribution >= 0.6 is 11.6 Å². The van der Waals surface area contributed by atoms with Gasteiger partial charge in [-0.15, -0.1) is 0 Å². The number of rotatable bonds is 2. The fourth-order valence-corrected chi connectivity index (χ4v) is 4.84. The van der Waals surface area contributed by atoms with Crippen LogP contribution in [0.1, 0.15) is 58.1 Å². The zero-order chi connectivity index (χ0) is 15.2. The third-order valence-electron chi connectivity index (χ3n) is 4.30. The number of hydrogen-bond acceptors (Lipinski definition) is 1. The summed E-state index contributed by atoms with van der Waals surface area (Å²) in [5.74, 6) is 0. The molecule has 2 rings (SSSR count). The van der Waals surface area contributed by atoms with Crippen LogP contribution in [-0.4, -0.2) is 10.7 Å². The quantitative estimate of drug-likeness (QED) is 0.799. The first-order valence-corrected chi connectivity index (χ1v) is 7.86. The highest BCUT2D eigenvalue weighted by atomic mass is 35.5. The molecular weight excluding hydrogens is 268 g/mol. The predicted molar refractivity (Wildman–Crippen MR) is 86.3 cm³/mol. The van der Waals surface area contributed by atoms with Crippen LogP contribution in [0.4, 0.5) is 0 Å². The molecule has 0 spiro atoms. The maximum absolute atomic E-state index is 11.1. The number of aliphatic hydroxyl groups is 1. The second-order valence-electron chi connectivity index (χ2n) is 8.35. The number of benzene rings is 1. The van der Waals surface area contributed by atoms with Gasteiger partial charge < -0.3 is 5.11 Å². The van der Waals surface area contributed by atoms with E-state index in [-0.39, 0.29) is 10.8 Å². The van der Waals surface area contributed by atoms with Crippen molar-refractivity contribution in [2.24, 2.45) is 10.8 Å². The number of halogens is 1. The standard InChI is InChI=1S/C18H27ClO/c1-13-6-7-14(15(19)8-13)9-18(20)11-16(2,3)10-17(4,5)12-18/h6-8,20H,9-12H2,1-5H3. The Labute approximate surface area is 128 Å². The lowest BCUT2D eigenvalue weighted by atomic mass is 9.58. The molecule has 1 N–H and O–H groups in total. The normalized spacial score (nSPS) is 23.6. The van der Waals surface area contributed by atoms with Crippen molar-refractivity contribution in [3.8, 4) is 0 Å². The van der Waals surface area contributed by atoms with Crippen LogP contribution < -0.4 is 0 Å². The maximum Gasteiger partial charge on any atom is 0.0698 e. The summed E-state index contributed by atoms with van der Waals surface area (Å²) < 4.78 is 0. The molecule has 0 aliphatic heterocycles. The van der Waals surface area contributed by atoms with Gasteiger partial charge in [0.1, 0.15) is 0 Å². The van der Waals surface area contributed by atoms with E-state index in [2.05, 4.69) is 39.8 Å². The Morgan fingerprint density at radius 1 is 1.05 bits per heavy atom. The lowest BCUT2D eigenvalue weighted by Gasteiger charge is -2.49. The van der Waals surface area contributed by atoms with Crippen LogP contribution in [0.15, 0.2) is 18.2 Å². The van der Waals surface area contributed by atoms with Crippen molar-refractivity contribution < 1.29 is 5.11 Å². The van der Waals surface area contributed by atoms with E-state index in [4.69, 9.17) is 11.6 Å². The molecule has 0 amide bonds. The van der Waals surface area contributed by atoms with E-state index in [1.54, 1.807) is 0 Å². The zero-order valence-corrected chi connectivity index (χ0v) is 14.1. The lowest BCUT2D eigenvalue weighted by molar-refractivity contribution is -0.0850. The Hall–Kier alpha value is -0.530. The van der Waals surface area contributed by atoms with Crippen LogP contribution in [-0.2, 0) is 6.42 Å². The second kappa shape index (κ2) is 5.03. The van der Waals surface area contributed by atoms with Crippen LogP contribution in [0.2, 0.25) is 5.02 Å². The third kappa shape index (κ3) is 3.77. The third-order valence-corrected chi connectivity index (χ3v) is 4.65. The van der Waals surface area contributed by atoms with E-state index in [1.807, 2.05) is 13.0 Å². The predicted octanol–water partition coefficient (Wildman–Crippen LogP) is 5.16. The molecule has 0 radical (unpaired) electrons. The molecule has 1 fully saturated rings. The van der Waals surface area contributed by atoms with Gasteiger partial charge in [0.05, 0.1) is 5.60 Å². The van der Waals surface area contributed by atoms with Crippen LogP contribution in [0.5, 0.6) is 0 Å². The molecule has 1 aliphatic carbocycles. The summed E-state index contributed by atoms with van der Waals surface area (Å²) in [6, 6.07) is 6.12. The van der Waals surface area contributed by atoms with Gasteiger partial charge in [-0.25, -0.2) is 0 Å². The topological polar surface area (TPSA) is 20.2 Å². The summed E-state index contributed by atoms with van der Waals surface area (Å²) in [4.78, 5) is 0. The molecule has 20 heavy (non-hydrogen) atoms. The molecule has 1 saturated carbocycles. The molecule has 112 valence electrons. The summed E-state index contributed by atoms with van der Waals surface area (Å²) in [5, 5.41) is 11.9. The van der Waals surface area contributed by atoms with Gasteiger partial charge >= 0.3 is 0 Å². The van der Waals surface area contributed by atoms with Crippen LogP contribution in [0.25, 0.3) is 0 Å². The van der Waals surface area contributed by atoms with E-state index in [0.29, 0.717) is 6.42 Å². The first kappa shape index (κ1) is 15.9. The summed E-state index contributed by atoms with van der Waals surface area (Å²) in [5.41, 5.74) is 1.93. The largest absolute Gasteiger partial charge is 0.390 e. The van der Waals surface area contributed by atoms with Gasteiger partial charge in [-0.1, -0.05) is 51.4 Å². The minimum Gasteiger partial charge on any atom is -0.390 e. The molecule has 0 atom stereocenters. The highest BCUT2D eigenvalue weighted by Crippen LogP contribution is 2.51. The van der Waals surface area contributed by atoms with Gasteiger partial charge in [-0.3, -0.25) is 0 Å². The smallest absolute Gasteiger partial charge is 0.0698 e. The Kier molecular flexibility index (Phi) is 3.99. The van der Waals surface area contributed by atoms with Gasteiger partial charge in [0.2, 0.25) is 0 Å². The van der Waals surface area contributed by atoms with Crippen molar-refractivity contribution in [3.05, 3.63) is 34.3 Å². The van der Waals surface area contributed by atoms with Gasteiger partial charge in [0, 0.05) is 11.4 Å². The van der Waals surface area contributed by atoms with Crippen molar-refractivity contribution in [2.75, 3.05) is 0 Å². The fraction of sp³-hybridized carbons (Fsp3) is 0.667. The lowest BCUT2D eigenvalue weighted by Crippen LogP contribution is -2.47. The molecule has 1 aromatic carbocycles. The Morgan fingerprint density at radius 3 is 2.10 bits per heavy atom. The Balaban J connectivity index is 2.26. The maximum atomic E-state index is 11.1. The zero-order valence-electron chi connectivity index (χ0n) is 13.4.